The maximum atomic E-state index is 12.8. The molecule has 6 atom stereocenters. The number of benzene rings is 3. The first kappa shape index (κ1) is 75.7. The van der Waals surface area contributed by atoms with Crippen LogP contribution < -0.4 is 5.73 Å². The number of Topliss-reactive ketones (excluding diaryl/α,β-unsaturated/α-hetero) is 2. The van der Waals surface area contributed by atoms with Crippen LogP contribution in [-0.2, 0) is 130 Å². The van der Waals surface area contributed by atoms with Crippen molar-refractivity contribution in [3.8, 4) is 0 Å². The number of hydrogen-bond acceptors (Lipinski definition) is 11. The van der Waals surface area contributed by atoms with E-state index in [0.29, 0.717) is 19.3 Å². The van der Waals surface area contributed by atoms with E-state index in [1.54, 1.807) is 77.9 Å². The van der Waals surface area contributed by atoms with Crippen LogP contribution in [0.5, 0.6) is 0 Å². The average Bonchev–Trinajstić information content (AvgIpc) is 3.25. The fourth-order valence-corrected chi connectivity index (χ4v) is 5.04. The van der Waals surface area contributed by atoms with E-state index in [9.17, 15) is 46.7 Å². The molecule has 0 spiro atoms. The van der Waals surface area contributed by atoms with Crippen LogP contribution in [-0.4, -0.2) is 79.0 Å². The smallest absolute Gasteiger partial charge is 0.322 e. The SMILES string of the molecule is C.CC(Cc1ccc(F)cc1)C(=O)C[C@@H](C)C(=O)O.CC(Cc1ccc(F)cc1)C(=O)O.COC(=O)C(C)C.COC(=O)[C@H](C)CC(=O)C(C)Cc1ccc(F)cc1.COC(=O)[C@H](C)N.[W].[W].[W]. The first-order chi connectivity index (χ1) is 29.8. The van der Waals surface area contributed by atoms with E-state index in [1.807, 2.05) is 6.92 Å². The number of carbonyl (C=O) groups excluding carboxylic acids is 5. The van der Waals surface area contributed by atoms with Crippen LogP contribution in [0.2, 0.25) is 0 Å². The van der Waals surface area contributed by atoms with Crippen molar-refractivity contribution in [3.63, 3.8) is 0 Å². The number of carboxylic acids is 2. The van der Waals surface area contributed by atoms with Crippen molar-refractivity contribution < 1.29 is 134 Å². The first-order valence-electron chi connectivity index (χ1n) is 20.5. The summed E-state index contributed by atoms with van der Waals surface area (Å²) in [6.45, 7) is 13.6. The number of nitrogens with two attached hydrogens (primary N) is 1. The minimum Gasteiger partial charge on any atom is -0.481 e. The molecule has 0 radical (unpaired) electrons. The molecule has 0 aliphatic carbocycles. The van der Waals surface area contributed by atoms with Crippen LogP contribution in [0.25, 0.3) is 0 Å². The molecule has 0 aromatic heterocycles. The van der Waals surface area contributed by atoms with Gasteiger partial charge in [-0.1, -0.05) is 92.3 Å². The summed E-state index contributed by atoms with van der Waals surface area (Å²) in [4.78, 5) is 76.6. The molecular formula is C49H70F3NO12W3. The summed E-state index contributed by atoms with van der Waals surface area (Å²) in [5.74, 6) is -5.60. The van der Waals surface area contributed by atoms with E-state index < -0.39 is 35.7 Å². The summed E-state index contributed by atoms with van der Waals surface area (Å²) in [6.07, 6.45) is 1.71. The van der Waals surface area contributed by atoms with Gasteiger partial charge < -0.3 is 30.2 Å². The molecular weight excluding hydrogens is 1400 g/mol. The van der Waals surface area contributed by atoms with Crippen LogP contribution in [0.4, 0.5) is 13.2 Å². The summed E-state index contributed by atoms with van der Waals surface area (Å²) >= 11 is 0. The van der Waals surface area contributed by atoms with Gasteiger partial charge in [0.1, 0.15) is 35.1 Å². The Hall–Kier alpha value is -3.84. The van der Waals surface area contributed by atoms with Gasteiger partial charge in [0.15, 0.2) is 0 Å². The molecule has 0 saturated carbocycles. The number of esters is 3. The third-order valence-corrected chi connectivity index (χ3v) is 9.17. The maximum Gasteiger partial charge on any atom is 0.322 e. The van der Waals surface area contributed by atoms with Crippen molar-refractivity contribution >= 4 is 41.4 Å². The van der Waals surface area contributed by atoms with Crippen LogP contribution >= 0.6 is 0 Å². The van der Waals surface area contributed by atoms with E-state index in [4.69, 9.17) is 15.9 Å². The van der Waals surface area contributed by atoms with Crippen LogP contribution in [0, 0.1) is 53.0 Å². The number of carboxylic acid groups (broad SMARTS) is 2. The fourth-order valence-electron chi connectivity index (χ4n) is 5.04. The zero-order chi connectivity index (χ0) is 49.7. The second kappa shape index (κ2) is 42.1. The van der Waals surface area contributed by atoms with Crippen LogP contribution in [0.15, 0.2) is 72.8 Å². The van der Waals surface area contributed by atoms with Gasteiger partial charge in [0, 0.05) is 87.9 Å². The van der Waals surface area contributed by atoms with E-state index in [1.165, 1.54) is 64.7 Å². The van der Waals surface area contributed by atoms with E-state index in [-0.39, 0.29) is 148 Å². The third kappa shape index (κ3) is 36.2. The Morgan fingerprint density at radius 1 is 0.456 bits per heavy atom. The number of methoxy groups -OCH3 is 3. The molecule has 3 aromatic rings. The number of halogens is 3. The monoisotopic (exact) mass is 1470 g/mol. The molecule has 0 bridgehead atoms. The molecule has 13 nitrogen and oxygen atoms in total. The Labute approximate surface area is 443 Å². The Morgan fingerprint density at radius 3 is 0.926 bits per heavy atom. The molecule has 0 amide bonds. The van der Waals surface area contributed by atoms with E-state index >= 15 is 0 Å². The summed E-state index contributed by atoms with van der Waals surface area (Å²) in [7, 11) is 4.01. The number of hydrogen-bond donors (Lipinski definition) is 3. The number of aliphatic carboxylic acids is 2. The van der Waals surface area contributed by atoms with Gasteiger partial charge in [0.2, 0.25) is 0 Å². The van der Waals surface area contributed by atoms with Gasteiger partial charge >= 0.3 is 29.8 Å². The molecule has 68 heavy (non-hydrogen) atoms. The molecule has 3 rings (SSSR count). The van der Waals surface area contributed by atoms with Crippen LogP contribution in [0.3, 0.4) is 0 Å². The Morgan fingerprint density at radius 2 is 0.721 bits per heavy atom. The maximum absolute atomic E-state index is 12.8. The molecule has 3 aromatic carbocycles. The number of carbonyl (C=O) groups is 7. The van der Waals surface area contributed by atoms with Gasteiger partial charge in [-0.2, -0.15) is 0 Å². The summed E-state index contributed by atoms with van der Waals surface area (Å²) in [6, 6.07) is 17.5. The molecule has 0 aliphatic rings. The standard InChI is InChI=1S/C15H19FO3.C14H17FO3.C10H11FO2.C5H10O2.C4H9NO2.CH4.3W/c1-10(8-12-4-6-13(16)7-5-12)14(17)9-11(2)15(18)19-3;1-9(13(16)8-10(2)14(17)18)7-11-3-5-12(15)6-4-11;1-7(10(12)13)6-8-2-4-9(11)5-3-8;1-4(2)5(6)7-3;1-3(5)4(6)7-2;;;;/h4-7,10-11H,8-9H2,1-3H3;3-6,9-10H,7-8H2,1-2H3,(H,17,18);2-5,7H,6H2,1H3,(H,12,13);4H,1-3H3;3H,5H2,1-2H3;1H4;;;/t10?,11-;9?,10-;;;3-;;;;/m11..0..../s1. The molecule has 4 N–H and O–H groups in total. The third-order valence-electron chi connectivity index (χ3n) is 9.17. The minimum absolute atomic E-state index is 0. The second-order valence-corrected chi connectivity index (χ2v) is 15.5. The fraction of sp³-hybridized carbons (Fsp3) is 0.490. The predicted octanol–water partition coefficient (Wildman–Crippen LogP) is 8.50. The van der Waals surface area contributed by atoms with E-state index in [0.717, 1.165) is 16.7 Å². The van der Waals surface area contributed by atoms with Gasteiger partial charge in [0.25, 0.3) is 0 Å². The molecule has 382 valence electrons. The summed E-state index contributed by atoms with van der Waals surface area (Å²) in [5, 5.41) is 17.4. The van der Waals surface area contributed by atoms with E-state index in [2.05, 4.69) is 14.2 Å². The second-order valence-electron chi connectivity index (χ2n) is 15.5. The largest absolute Gasteiger partial charge is 0.481 e. The normalized spacial score (nSPS) is 12.2. The van der Waals surface area contributed by atoms with Gasteiger partial charge in [-0.25, -0.2) is 13.2 Å². The number of rotatable bonds is 17. The van der Waals surface area contributed by atoms with Gasteiger partial charge in [0.05, 0.1) is 45.0 Å². The molecule has 0 fully saturated rings. The first-order valence-corrected chi connectivity index (χ1v) is 20.5. The molecule has 19 heteroatoms. The number of ether oxygens (including phenoxy) is 3. The average molecular weight is 1470 g/mol. The summed E-state index contributed by atoms with van der Waals surface area (Å²) in [5.41, 5.74) is 7.70. The van der Waals surface area contributed by atoms with Gasteiger partial charge in [-0.3, -0.25) is 33.6 Å². The zero-order valence-corrected chi connectivity index (χ0v) is 48.7. The van der Waals surface area contributed by atoms with Gasteiger partial charge in [-0.15, -0.1) is 0 Å². The van der Waals surface area contributed by atoms with Gasteiger partial charge in [-0.05, 0) is 79.3 Å². The minimum atomic E-state index is -0.961. The van der Waals surface area contributed by atoms with Crippen molar-refractivity contribution in [1.29, 1.82) is 0 Å². The van der Waals surface area contributed by atoms with Crippen molar-refractivity contribution in [3.05, 3.63) is 107 Å². The molecule has 0 saturated heterocycles. The molecule has 0 heterocycles. The zero-order valence-electron chi connectivity index (χ0n) is 39.9. The Balaban J connectivity index is -0.000000183. The van der Waals surface area contributed by atoms with Crippen molar-refractivity contribution in [1.82, 2.24) is 0 Å². The van der Waals surface area contributed by atoms with Crippen molar-refractivity contribution in [2.24, 2.45) is 41.2 Å². The Bertz CT molecular complexity index is 1870. The van der Waals surface area contributed by atoms with Crippen molar-refractivity contribution in [2.75, 3.05) is 21.3 Å². The number of ketones is 2. The van der Waals surface area contributed by atoms with Crippen molar-refractivity contribution in [2.45, 2.75) is 101 Å². The van der Waals surface area contributed by atoms with Crippen LogP contribution in [0.1, 0.15) is 92.3 Å². The quantitative estimate of drug-likeness (QED) is 0.0856. The Kier molecular flexibility index (Phi) is 46.8. The molecule has 3 unspecified atom stereocenters. The predicted molar refractivity (Wildman–Crippen MR) is 242 cm³/mol. The topological polar surface area (TPSA) is 214 Å². The summed E-state index contributed by atoms with van der Waals surface area (Å²) < 4.78 is 51.2. The molecule has 0 aliphatic heterocycles.